The van der Waals surface area contributed by atoms with Gasteiger partial charge in [0.1, 0.15) is 0 Å². The van der Waals surface area contributed by atoms with Crippen molar-refractivity contribution in [2.75, 3.05) is 33.2 Å². The zero-order valence-electron chi connectivity index (χ0n) is 34.6. The quantitative estimate of drug-likeness (QED) is 0.173. The second-order valence-electron chi connectivity index (χ2n) is 16.6. The highest BCUT2D eigenvalue weighted by Crippen LogP contribution is 2.51. The van der Waals surface area contributed by atoms with Crippen LogP contribution in [0.2, 0.25) is 0 Å². The molecule has 0 bridgehead atoms. The molecule has 0 aromatic heterocycles. The summed E-state index contributed by atoms with van der Waals surface area (Å²) in [4.78, 5) is 9.73. The molecule has 2 unspecified atom stereocenters. The van der Waals surface area contributed by atoms with Gasteiger partial charge >= 0.3 is 0 Å². The molecule has 0 fully saturated rings. The van der Waals surface area contributed by atoms with Crippen LogP contribution >= 0.6 is 0 Å². The summed E-state index contributed by atoms with van der Waals surface area (Å²) in [6.45, 7) is 10.3. The van der Waals surface area contributed by atoms with Crippen molar-refractivity contribution in [3.63, 3.8) is 0 Å². The molecule has 2 heterocycles. The Morgan fingerprint density at radius 3 is 2.36 bits per heavy atom. The van der Waals surface area contributed by atoms with Crippen molar-refractivity contribution in [2.24, 2.45) is 11.3 Å². The summed E-state index contributed by atoms with van der Waals surface area (Å²) in [7, 11) is 2.17. The number of nitrogens with one attached hydrogen (secondary N) is 1. The summed E-state index contributed by atoms with van der Waals surface area (Å²) in [6, 6.07) is 29.0. The van der Waals surface area contributed by atoms with E-state index in [1.54, 1.807) is 0 Å². The van der Waals surface area contributed by atoms with Crippen LogP contribution in [-0.4, -0.2) is 19.6 Å². The van der Waals surface area contributed by atoms with E-state index < -0.39 is 0 Å². The molecular formula is C53H55N5. The van der Waals surface area contributed by atoms with E-state index in [4.69, 9.17) is 0 Å². The molecule has 292 valence electrons. The fraction of sp³-hybridized carbons (Fsp3) is 0.264. The molecule has 0 radical (unpaired) electrons. The van der Waals surface area contributed by atoms with Crippen molar-refractivity contribution < 1.29 is 0 Å². The van der Waals surface area contributed by atoms with Gasteiger partial charge in [0.15, 0.2) is 0 Å². The van der Waals surface area contributed by atoms with Crippen LogP contribution in [-0.2, 0) is 0 Å². The maximum absolute atomic E-state index is 3.98. The Kier molecular flexibility index (Phi) is 10.2. The number of para-hydroxylation sites is 3. The van der Waals surface area contributed by atoms with E-state index in [0.29, 0.717) is 5.92 Å². The van der Waals surface area contributed by atoms with Crippen LogP contribution in [0.25, 0.3) is 0 Å². The molecule has 3 aromatic rings. The van der Waals surface area contributed by atoms with Crippen LogP contribution in [0.15, 0.2) is 203 Å². The second-order valence-corrected chi connectivity index (χ2v) is 16.6. The molecule has 5 nitrogen and oxygen atoms in total. The van der Waals surface area contributed by atoms with Crippen LogP contribution in [0.3, 0.4) is 0 Å². The van der Waals surface area contributed by atoms with Crippen LogP contribution in [0.4, 0.5) is 28.4 Å². The summed E-state index contributed by atoms with van der Waals surface area (Å²) >= 11 is 0. The van der Waals surface area contributed by atoms with Gasteiger partial charge in [0.25, 0.3) is 0 Å². The van der Waals surface area contributed by atoms with E-state index in [0.717, 1.165) is 55.7 Å². The molecular weight excluding hydrogens is 707 g/mol. The standard InChI is InChI=1S/C53H55N5/c1-6-7-30-52-53(3,4)44-23-15-18-39(44)37-38(2)45(35-36-54-52)58-50-25-14-13-24-48(50)57(49-28-17-29-51(49)58)43-33-31-42(32-34-43)56(41-21-11-12-22-41)47-27-16-26-46(47)55(5)40-19-9-8-10-20-40/h7-14,16-21,23-25,27,29-35,38,52,54H,6,15,26,28,36-37H2,1-5H3/b30-7-,45-35+. The maximum Gasteiger partial charge on any atom is 0.0891 e. The minimum Gasteiger partial charge on any atom is -0.346 e. The average Bonchev–Trinajstić information content (AvgIpc) is 4.10. The van der Waals surface area contributed by atoms with E-state index >= 15 is 0 Å². The van der Waals surface area contributed by atoms with E-state index in [2.05, 4.69) is 211 Å². The van der Waals surface area contributed by atoms with Crippen molar-refractivity contribution >= 4 is 28.4 Å². The lowest BCUT2D eigenvalue weighted by atomic mass is 9.73. The summed E-state index contributed by atoms with van der Waals surface area (Å²) in [5.41, 5.74) is 19.8. The fourth-order valence-corrected chi connectivity index (χ4v) is 9.68. The van der Waals surface area contributed by atoms with Crippen molar-refractivity contribution in [1.82, 2.24) is 5.32 Å². The summed E-state index contributed by atoms with van der Waals surface area (Å²) < 4.78 is 0. The predicted molar refractivity (Wildman–Crippen MR) is 245 cm³/mol. The topological polar surface area (TPSA) is 25.0 Å². The van der Waals surface area contributed by atoms with Gasteiger partial charge in [-0.25, -0.2) is 0 Å². The lowest BCUT2D eigenvalue weighted by Crippen LogP contribution is -2.43. The number of hydrogen-bond acceptors (Lipinski definition) is 5. The van der Waals surface area contributed by atoms with E-state index in [-0.39, 0.29) is 11.5 Å². The molecule has 2 atom stereocenters. The van der Waals surface area contributed by atoms with Crippen molar-refractivity contribution in [3.8, 4) is 0 Å². The van der Waals surface area contributed by atoms with Gasteiger partial charge in [-0.2, -0.15) is 0 Å². The first kappa shape index (κ1) is 37.6. The molecule has 9 rings (SSSR count). The Labute approximate surface area is 345 Å². The minimum atomic E-state index is 0.000746. The fourth-order valence-electron chi connectivity index (χ4n) is 9.68. The number of rotatable bonds is 9. The minimum absolute atomic E-state index is 0.000746. The van der Waals surface area contributed by atoms with Gasteiger partial charge < -0.3 is 24.9 Å². The smallest absolute Gasteiger partial charge is 0.0891 e. The molecule has 6 aliphatic rings. The normalized spacial score (nSPS) is 22.8. The molecule has 0 saturated heterocycles. The first-order valence-corrected chi connectivity index (χ1v) is 21.2. The molecule has 1 N–H and O–H groups in total. The van der Waals surface area contributed by atoms with Crippen molar-refractivity contribution in [2.45, 2.75) is 65.8 Å². The van der Waals surface area contributed by atoms with Crippen molar-refractivity contribution in [3.05, 3.63) is 203 Å². The summed E-state index contributed by atoms with van der Waals surface area (Å²) in [5, 5.41) is 3.98. The van der Waals surface area contributed by atoms with Gasteiger partial charge in [-0.05, 0) is 103 Å². The number of benzene rings is 3. The maximum atomic E-state index is 3.98. The average molecular weight is 762 g/mol. The third-order valence-electron chi connectivity index (χ3n) is 12.6. The SMILES string of the molecule is CC/C=C\C1NC/C=C(/N2C3=C(CC=C3)N(c3ccc(N(C4=C=CC=C4)C4=C(N(C)c5ccccc5)CC=C4)cc3)c3ccccc32)C(C)CC2=CCC=C2C1(C)C. The predicted octanol–water partition coefficient (Wildman–Crippen LogP) is 12.7. The van der Waals surface area contributed by atoms with Gasteiger partial charge in [0.2, 0.25) is 0 Å². The first-order chi connectivity index (χ1) is 28.3. The second kappa shape index (κ2) is 15.7. The molecule has 4 aliphatic carbocycles. The number of fused-ring (bicyclic) bond motifs is 2. The van der Waals surface area contributed by atoms with Gasteiger partial charge in [-0.15, -0.1) is 0 Å². The highest BCUT2D eigenvalue weighted by atomic mass is 15.3. The number of hydrogen-bond donors (Lipinski definition) is 1. The van der Waals surface area contributed by atoms with E-state index in [1.165, 1.54) is 56.7 Å². The van der Waals surface area contributed by atoms with Crippen molar-refractivity contribution in [1.29, 1.82) is 0 Å². The Hall–Kier alpha value is -6.00. The zero-order chi connectivity index (χ0) is 39.8. The van der Waals surface area contributed by atoms with Gasteiger partial charge in [0, 0.05) is 72.3 Å². The summed E-state index contributed by atoms with van der Waals surface area (Å²) in [6.07, 6.45) is 32.4. The first-order valence-electron chi connectivity index (χ1n) is 21.2. The van der Waals surface area contributed by atoms with Gasteiger partial charge in [-0.1, -0.05) is 112 Å². The third-order valence-corrected chi connectivity index (χ3v) is 12.6. The molecule has 2 aliphatic heterocycles. The van der Waals surface area contributed by atoms with Crippen LogP contribution in [0.5, 0.6) is 0 Å². The number of nitrogens with zero attached hydrogens (tertiary/aromatic N) is 4. The van der Waals surface area contributed by atoms with Crippen LogP contribution < -0.4 is 24.9 Å². The highest BCUT2D eigenvalue weighted by Gasteiger charge is 2.39. The van der Waals surface area contributed by atoms with E-state index in [9.17, 15) is 0 Å². The lowest BCUT2D eigenvalue weighted by Gasteiger charge is -2.43. The number of anilines is 5. The Morgan fingerprint density at radius 2 is 1.60 bits per heavy atom. The summed E-state index contributed by atoms with van der Waals surface area (Å²) in [5.74, 6) is 0.318. The largest absolute Gasteiger partial charge is 0.346 e. The molecule has 0 saturated carbocycles. The van der Waals surface area contributed by atoms with Gasteiger partial charge in [0.05, 0.1) is 34.2 Å². The Balaban J connectivity index is 1.09. The molecule has 58 heavy (non-hydrogen) atoms. The Morgan fingerprint density at radius 1 is 0.845 bits per heavy atom. The third kappa shape index (κ3) is 6.69. The molecule has 3 aromatic carbocycles. The van der Waals surface area contributed by atoms with Crippen LogP contribution in [0, 0.1) is 11.3 Å². The monoisotopic (exact) mass is 761 g/mol. The lowest BCUT2D eigenvalue weighted by molar-refractivity contribution is 0.346. The number of allylic oxidation sites excluding steroid dienone is 11. The Bertz CT molecular complexity index is 2440. The molecule has 0 spiro atoms. The van der Waals surface area contributed by atoms with E-state index in [1.807, 2.05) is 6.08 Å². The zero-order valence-corrected chi connectivity index (χ0v) is 34.6. The molecule has 0 amide bonds. The molecule has 5 heteroatoms. The van der Waals surface area contributed by atoms with Crippen LogP contribution in [0.1, 0.15) is 59.8 Å². The van der Waals surface area contributed by atoms with Gasteiger partial charge in [-0.3, -0.25) is 0 Å². The highest BCUT2D eigenvalue weighted by molar-refractivity contribution is 5.89.